The van der Waals surface area contributed by atoms with Gasteiger partial charge in [-0.1, -0.05) is 6.92 Å². The Kier molecular flexibility index (Phi) is 4.99. The smallest absolute Gasteiger partial charge is 0.309 e. The molecule has 3 nitrogen and oxygen atoms in total. The van der Waals surface area contributed by atoms with Crippen LogP contribution < -0.4 is 0 Å². The molecule has 2 atom stereocenters. The summed E-state index contributed by atoms with van der Waals surface area (Å²) in [6, 6.07) is 0.650. The van der Waals surface area contributed by atoms with Crippen LogP contribution in [0.2, 0.25) is 0 Å². The van der Waals surface area contributed by atoms with Crippen LogP contribution in [0, 0.1) is 11.3 Å². The first kappa shape index (κ1) is 14.5. The Hall–Kier alpha value is -0.570. The summed E-state index contributed by atoms with van der Waals surface area (Å²) in [5.41, 5.74) is -0.579. The van der Waals surface area contributed by atoms with E-state index in [-0.39, 0.29) is 0 Å². The monoisotopic (exact) mass is 241 g/mol. The maximum atomic E-state index is 11.0. The lowest BCUT2D eigenvalue weighted by Crippen LogP contribution is -2.43. The second-order valence-electron chi connectivity index (χ2n) is 6.19. The van der Waals surface area contributed by atoms with Gasteiger partial charge in [0.1, 0.15) is 0 Å². The lowest BCUT2D eigenvalue weighted by Gasteiger charge is -2.38. The molecule has 0 aliphatic carbocycles. The minimum Gasteiger partial charge on any atom is -0.481 e. The molecule has 0 aromatic rings. The molecule has 1 heterocycles. The van der Waals surface area contributed by atoms with Gasteiger partial charge in [0.05, 0.1) is 5.41 Å². The molecule has 0 bridgehead atoms. The molecule has 2 unspecified atom stereocenters. The first-order valence-corrected chi connectivity index (χ1v) is 6.82. The molecule has 0 saturated carbocycles. The van der Waals surface area contributed by atoms with Crippen molar-refractivity contribution in [3.63, 3.8) is 0 Å². The summed E-state index contributed by atoms with van der Waals surface area (Å²) in [6.45, 7) is 10.5. The molecule has 0 amide bonds. The second kappa shape index (κ2) is 5.85. The van der Waals surface area contributed by atoms with E-state index in [9.17, 15) is 4.79 Å². The van der Waals surface area contributed by atoms with Gasteiger partial charge in [0.15, 0.2) is 0 Å². The van der Waals surface area contributed by atoms with Gasteiger partial charge in [0.25, 0.3) is 0 Å². The number of nitrogens with zero attached hydrogens (tertiary/aromatic N) is 1. The van der Waals surface area contributed by atoms with Crippen molar-refractivity contribution >= 4 is 5.97 Å². The maximum absolute atomic E-state index is 11.0. The number of carboxylic acid groups (broad SMARTS) is 1. The minimum atomic E-state index is -0.683. The molecular weight excluding hydrogens is 214 g/mol. The largest absolute Gasteiger partial charge is 0.481 e. The zero-order chi connectivity index (χ0) is 13.1. The average Bonchev–Trinajstić information content (AvgIpc) is 2.24. The molecule has 17 heavy (non-hydrogen) atoms. The summed E-state index contributed by atoms with van der Waals surface area (Å²) in [4.78, 5) is 13.5. The number of aliphatic carboxylic acids is 1. The fourth-order valence-corrected chi connectivity index (χ4v) is 2.57. The van der Waals surface area contributed by atoms with Crippen molar-refractivity contribution in [3.05, 3.63) is 0 Å². The van der Waals surface area contributed by atoms with E-state index in [0.717, 1.165) is 25.3 Å². The topological polar surface area (TPSA) is 40.5 Å². The van der Waals surface area contributed by atoms with Crippen LogP contribution in [0.1, 0.15) is 53.4 Å². The fourth-order valence-electron chi connectivity index (χ4n) is 2.57. The number of hydrogen-bond donors (Lipinski definition) is 1. The van der Waals surface area contributed by atoms with Crippen molar-refractivity contribution in [2.24, 2.45) is 11.3 Å². The highest BCUT2D eigenvalue weighted by Crippen LogP contribution is 2.26. The Balaban J connectivity index is 2.33. The van der Waals surface area contributed by atoms with E-state index < -0.39 is 11.4 Å². The van der Waals surface area contributed by atoms with Crippen LogP contribution in [0.4, 0.5) is 0 Å². The van der Waals surface area contributed by atoms with E-state index >= 15 is 0 Å². The first-order valence-electron chi connectivity index (χ1n) is 6.82. The quantitative estimate of drug-likeness (QED) is 0.804. The van der Waals surface area contributed by atoms with E-state index in [1.165, 1.54) is 19.4 Å². The maximum Gasteiger partial charge on any atom is 0.309 e. The first-order chi connectivity index (χ1) is 7.84. The molecule has 0 aromatic heterocycles. The van der Waals surface area contributed by atoms with E-state index in [4.69, 9.17) is 5.11 Å². The Morgan fingerprint density at radius 3 is 2.65 bits per heavy atom. The van der Waals surface area contributed by atoms with Gasteiger partial charge >= 0.3 is 5.97 Å². The molecule has 1 aliphatic rings. The summed E-state index contributed by atoms with van der Waals surface area (Å²) < 4.78 is 0. The van der Waals surface area contributed by atoms with E-state index in [0.29, 0.717) is 6.04 Å². The number of hydrogen-bond acceptors (Lipinski definition) is 2. The van der Waals surface area contributed by atoms with Gasteiger partial charge in [0, 0.05) is 6.04 Å². The van der Waals surface area contributed by atoms with E-state index in [1.807, 2.05) is 13.8 Å². The zero-order valence-electron chi connectivity index (χ0n) is 11.7. The highest BCUT2D eigenvalue weighted by atomic mass is 16.4. The Bertz CT molecular complexity index is 263. The van der Waals surface area contributed by atoms with Gasteiger partial charge in [0.2, 0.25) is 0 Å². The number of piperidine rings is 1. The molecule has 3 heteroatoms. The third-order valence-electron chi connectivity index (χ3n) is 4.33. The van der Waals surface area contributed by atoms with Gasteiger partial charge in [-0.3, -0.25) is 4.79 Å². The molecule has 1 N–H and O–H groups in total. The standard InChI is InChI=1S/C14H27NO2/c1-11-7-5-9-15(12(11)2)10-6-8-14(3,4)13(16)17/h11-12H,5-10H2,1-4H3,(H,16,17). The number of likely N-dealkylation sites (tertiary alicyclic amines) is 1. The molecule has 0 radical (unpaired) electrons. The van der Waals surface area contributed by atoms with Crippen molar-refractivity contribution in [1.82, 2.24) is 4.90 Å². The summed E-state index contributed by atoms with van der Waals surface area (Å²) in [6.07, 6.45) is 4.36. The van der Waals surface area contributed by atoms with Gasteiger partial charge < -0.3 is 10.0 Å². The molecule has 1 aliphatic heterocycles. The van der Waals surface area contributed by atoms with Crippen molar-refractivity contribution in [2.75, 3.05) is 13.1 Å². The number of carboxylic acids is 1. The third-order valence-corrected chi connectivity index (χ3v) is 4.33. The number of carbonyl (C=O) groups is 1. The van der Waals surface area contributed by atoms with Crippen LogP contribution in [-0.2, 0) is 4.79 Å². The van der Waals surface area contributed by atoms with Crippen molar-refractivity contribution in [1.29, 1.82) is 0 Å². The Morgan fingerprint density at radius 1 is 1.41 bits per heavy atom. The summed E-state index contributed by atoms with van der Waals surface area (Å²) in [5.74, 6) is 0.0915. The molecule has 0 aromatic carbocycles. The van der Waals surface area contributed by atoms with Crippen molar-refractivity contribution in [2.45, 2.75) is 59.4 Å². The summed E-state index contributed by atoms with van der Waals surface area (Å²) in [5, 5.41) is 9.06. The van der Waals surface area contributed by atoms with Gasteiger partial charge in [-0.05, 0) is 65.5 Å². The lowest BCUT2D eigenvalue weighted by atomic mass is 9.87. The van der Waals surface area contributed by atoms with Crippen LogP contribution in [0.15, 0.2) is 0 Å². The average molecular weight is 241 g/mol. The highest BCUT2D eigenvalue weighted by Gasteiger charge is 2.28. The SMILES string of the molecule is CC1CCCN(CCCC(C)(C)C(=O)O)C1C. The molecule has 1 fully saturated rings. The summed E-state index contributed by atoms with van der Waals surface area (Å²) >= 11 is 0. The van der Waals surface area contributed by atoms with Crippen LogP contribution >= 0.6 is 0 Å². The lowest BCUT2D eigenvalue weighted by molar-refractivity contribution is -0.147. The van der Waals surface area contributed by atoms with Crippen LogP contribution in [-0.4, -0.2) is 35.1 Å². The normalized spacial score (nSPS) is 27.1. The third kappa shape index (κ3) is 3.98. The molecule has 0 spiro atoms. The predicted octanol–water partition coefficient (Wildman–Crippen LogP) is 3.00. The van der Waals surface area contributed by atoms with Gasteiger partial charge in [-0.15, -0.1) is 0 Å². The van der Waals surface area contributed by atoms with Gasteiger partial charge in [-0.25, -0.2) is 0 Å². The van der Waals surface area contributed by atoms with E-state index in [1.54, 1.807) is 0 Å². The van der Waals surface area contributed by atoms with Crippen LogP contribution in [0.25, 0.3) is 0 Å². The van der Waals surface area contributed by atoms with Crippen molar-refractivity contribution < 1.29 is 9.90 Å². The molecule has 1 rings (SSSR count). The molecular formula is C14H27NO2. The van der Waals surface area contributed by atoms with E-state index in [2.05, 4.69) is 18.7 Å². The van der Waals surface area contributed by atoms with Crippen LogP contribution in [0.5, 0.6) is 0 Å². The number of rotatable bonds is 5. The fraction of sp³-hybridized carbons (Fsp3) is 0.929. The Morgan fingerprint density at radius 2 is 2.06 bits per heavy atom. The predicted molar refractivity (Wildman–Crippen MR) is 70.1 cm³/mol. The summed E-state index contributed by atoms with van der Waals surface area (Å²) in [7, 11) is 0. The minimum absolute atomic E-state index is 0.579. The highest BCUT2D eigenvalue weighted by molar-refractivity contribution is 5.73. The van der Waals surface area contributed by atoms with Crippen molar-refractivity contribution in [3.8, 4) is 0 Å². The second-order valence-corrected chi connectivity index (χ2v) is 6.19. The van der Waals surface area contributed by atoms with Gasteiger partial charge in [-0.2, -0.15) is 0 Å². The Labute approximate surface area is 105 Å². The zero-order valence-corrected chi connectivity index (χ0v) is 11.7. The van der Waals surface area contributed by atoms with Crippen LogP contribution in [0.3, 0.4) is 0 Å². The molecule has 100 valence electrons. The molecule has 1 saturated heterocycles.